The lowest BCUT2D eigenvalue weighted by Gasteiger charge is -2.03. The fourth-order valence-electron chi connectivity index (χ4n) is 1.95. The van der Waals surface area contributed by atoms with Gasteiger partial charge in [0.05, 0.1) is 0 Å². The third kappa shape index (κ3) is 3.55. The minimum absolute atomic E-state index is 0.420. The molecule has 0 amide bonds. The largest absolute Gasteiger partial charge is 0.285 e. The van der Waals surface area contributed by atoms with Gasteiger partial charge in [-0.25, -0.2) is 0 Å². The molecule has 0 bridgehead atoms. The molecule has 2 aromatic rings. The lowest BCUT2D eigenvalue weighted by Crippen LogP contribution is -2.14. The van der Waals surface area contributed by atoms with E-state index in [9.17, 15) is 9.59 Å². The second-order valence-electron chi connectivity index (χ2n) is 4.51. The summed E-state index contributed by atoms with van der Waals surface area (Å²) in [6.45, 7) is 0. The Morgan fingerprint density at radius 2 is 1.35 bits per heavy atom. The molecule has 0 spiro atoms. The summed E-state index contributed by atoms with van der Waals surface area (Å²) in [6.07, 6.45) is 1.78. The zero-order valence-electron chi connectivity index (χ0n) is 11.0. The summed E-state index contributed by atoms with van der Waals surface area (Å²) in [6, 6.07) is 15.7. The summed E-state index contributed by atoms with van der Waals surface area (Å²) in [4.78, 5) is 24.1. The number of ketones is 2. The van der Waals surface area contributed by atoms with E-state index in [2.05, 4.69) is 0 Å². The summed E-state index contributed by atoms with van der Waals surface area (Å²) in [5, 5.41) is 0. The Kier molecular flexibility index (Phi) is 5.08. The lowest BCUT2D eigenvalue weighted by molar-refractivity contribution is 0.0817. The van der Waals surface area contributed by atoms with Crippen molar-refractivity contribution in [2.24, 2.45) is 0 Å². The number of rotatable bonds is 6. The highest BCUT2D eigenvalue weighted by Gasteiger charge is 2.17. The van der Waals surface area contributed by atoms with Crippen molar-refractivity contribution in [3.8, 4) is 0 Å². The van der Waals surface area contributed by atoms with Gasteiger partial charge < -0.3 is 0 Å². The minimum Gasteiger partial charge on any atom is -0.285 e. The van der Waals surface area contributed by atoms with Crippen molar-refractivity contribution >= 4 is 23.2 Å². The van der Waals surface area contributed by atoms with Crippen LogP contribution < -0.4 is 0 Å². The molecule has 102 valence electrons. The van der Waals surface area contributed by atoms with Crippen LogP contribution in [0.2, 0.25) is 0 Å². The molecule has 0 heterocycles. The molecule has 0 saturated heterocycles. The van der Waals surface area contributed by atoms with Gasteiger partial charge in [0.25, 0.3) is 0 Å². The number of alkyl halides is 1. The van der Waals surface area contributed by atoms with E-state index in [0.717, 1.165) is 18.4 Å². The molecule has 0 saturated carbocycles. The average Bonchev–Trinajstić information content (AvgIpc) is 2.53. The van der Waals surface area contributed by atoms with Crippen LogP contribution in [0.4, 0.5) is 0 Å². The molecule has 3 heteroatoms. The molecule has 0 aromatic heterocycles. The van der Waals surface area contributed by atoms with E-state index in [1.54, 1.807) is 36.4 Å². The first kappa shape index (κ1) is 14.5. The molecule has 0 fully saturated rings. The van der Waals surface area contributed by atoms with Gasteiger partial charge >= 0.3 is 0 Å². The molecule has 2 aromatic carbocycles. The highest BCUT2D eigenvalue weighted by molar-refractivity contribution is 6.49. The lowest BCUT2D eigenvalue weighted by atomic mass is 10.00. The predicted molar refractivity (Wildman–Crippen MR) is 80.6 cm³/mol. The van der Waals surface area contributed by atoms with Crippen LogP contribution in [0.1, 0.15) is 32.7 Å². The van der Waals surface area contributed by atoms with Crippen LogP contribution in [-0.2, 0) is 6.42 Å². The maximum absolute atomic E-state index is 12.1. The van der Waals surface area contributed by atoms with E-state index in [4.69, 9.17) is 11.6 Å². The molecule has 2 rings (SSSR count). The van der Waals surface area contributed by atoms with Gasteiger partial charge in [0.2, 0.25) is 11.6 Å². The van der Waals surface area contributed by atoms with Gasteiger partial charge in [-0.2, -0.15) is 0 Å². The topological polar surface area (TPSA) is 34.1 Å². The number of carbonyl (C=O) groups is 2. The van der Waals surface area contributed by atoms with Gasteiger partial charge in [-0.3, -0.25) is 9.59 Å². The maximum atomic E-state index is 12.1. The molecule has 0 N–H and O–H groups in total. The molecule has 20 heavy (non-hydrogen) atoms. The third-order valence-electron chi connectivity index (χ3n) is 3.06. The highest BCUT2D eigenvalue weighted by atomic mass is 35.5. The van der Waals surface area contributed by atoms with Gasteiger partial charge in [-0.15, -0.1) is 11.6 Å². The average molecular weight is 287 g/mol. The van der Waals surface area contributed by atoms with E-state index in [0.29, 0.717) is 17.0 Å². The van der Waals surface area contributed by atoms with Crippen LogP contribution in [-0.4, -0.2) is 17.4 Å². The SMILES string of the molecule is O=C(C(=O)c1ccc(CCCCl)cc1)c1ccccc1. The van der Waals surface area contributed by atoms with E-state index in [1.165, 1.54) is 0 Å². The number of halogens is 1. The number of Topliss-reactive ketones (excluding diaryl/α,β-unsaturated/α-hetero) is 2. The van der Waals surface area contributed by atoms with E-state index < -0.39 is 11.6 Å². The Hall–Kier alpha value is -1.93. The van der Waals surface area contributed by atoms with Gasteiger partial charge in [0.15, 0.2) is 0 Å². The zero-order chi connectivity index (χ0) is 14.4. The molecule has 0 radical (unpaired) electrons. The molecule has 0 atom stereocenters. The van der Waals surface area contributed by atoms with Crippen LogP contribution in [0.3, 0.4) is 0 Å². The highest BCUT2D eigenvalue weighted by Crippen LogP contribution is 2.11. The Balaban J connectivity index is 2.11. The van der Waals surface area contributed by atoms with Gasteiger partial charge in [0, 0.05) is 17.0 Å². The number of hydrogen-bond acceptors (Lipinski definition) is 2. The quantitative estimate of drug-likeness (QED) is 0.458. The van der Waals surface area contributed by atoms with E-state index in [1.807, 2.05) is 18.2 Å². The van der Waals surface area contributed by atoms with Crippen LogP contribution >= 0.6 is 11.6 Å². The molecular weight excluding hydrogens is 272 g/mol. The van der Waals surface area contributed by atoms with Crippen molar-refractivity contribution in [2.45, 2.75) is 12.8 Å². The van der Waals surface area contributed by atoms with Crippen molar-refractivity contribution in [2.75, 3.05) is 5.88 Å². The fourth-order valence-corrected chi connectivity index (χ4v) is 2.08. The van der Waals surface area contributed by atoms with E-state index >= 15 is 0 Å². The third-order valence-corrected chi connectivity index (χ3v) is 3.32. The van der Waals surface area contributed by atoms with Gasteiger partial charge in [-0.1, -0.05) is 54.6 Å². The molecule has 0 aliphatic carbocycles. The summed E-state index contributed by atoms with van der Waals surface area (Å²) >= 11 is 5.64. The predicted octanol–water partition coefficient (Wildman–Crippen LogP) is 3.92. The summed E-state index contributed by atoms with van der Waals surface area (Å²) in [5.41, 5.74) is 1.96. The first-order valence-electron chi connectivity index (χ1n) is 6.51. The molecular formula is C17H15ClO2. The first-order chi connectivity index (χ1) is 9.72. The Morgan fingerprint density at radius 1 is 0.800 bits per heavy atom. The van der Waals surface area contributed by atoms with Crippen molar-refractivity contribution in [3.63, 3.8) is 0 Å². The molecule has 0 unspecified atom stereocenters. The van der Waals surface area contributed by atoms with Crippen LogP contribution in [0.25, 0.3) is 0 Å². The smallest absolute Gasteiger partial charge is 0.233 e. The molecule has 0 aliphatic rings. The summed E-state index contributed by atoms with van der Waals surface area (Å²) in [7, 11) is 0. The van der Waals surface area contributed by atoms with Gasteiger partial charge in [0.1, 0.15) is 0 Å². The summed E-state index contributed by atoms with van der Waals surface area (Å²) < 4.78 is 0. The maximum Gasteiger partial charge on any atom is 0.233 e. The van der Waals surface area contributed by atoms with Crippen molar-refractivity contribution in [1.29, 1.82) is 0 Å². The van der Waals surface area contributed by atoms with E-state index in [-0.39, 0.29) is 0 Å². The molecule has 2 nitrogen and oxygen atoms in total. The number of aryl methyl sites for hydroxylation is 1. The number of carbonyl (C=O) groups excluding carboxylic acids is 2. The van der Waals surface area contributed by atoms with Gasteiger partial charge in [-0.05, 0) is 18.4 Å². The Bertz CT molecular complexity index is 588. The number of benzene rings is 2. The second kappa shape index (κ2) is 7.01. The van der Waals surface area contributed by atoms with Crippen LogP contribution in [0, 0.1) is 0 Å². The molecule has 0 aliphatic heterocycles. The van der Waals surface area contributed by atoms with Crippen LogP contribution in [0.5, 0.6) is 0 Å². The second-order valence-corrected chi connectivity index (χ2v) is 4.89. The van der Waals surface area contributed by atoms with Crippen molar-refractivity contribution in [1.82, 2.24) is 0 Å². The Morgan fingerprint density at radius 3 is 1.90 bits per heavy atom. The Labute approximate surface area is 123 Å². The summed E-state index contributed by atoms with van der Waals surface area (Å²) in [5.74, 6) is -0.327. The first-order valence-corrected chi connectivity index (χ1v) is 7.05. The fraction of sp³-hybridized carbons (Fsp3) is 0.176. The van der Waals surface area contributed by atoms with Crippen molar-refractivity contribution < 1.29 is 9.59 Å². The van der Waals surface area contributed by atoms with Crippen molar-refractivity contribution in [3.05, 3.63) is 71.3 Å². The van der Waals surface area contributed by atoms with Crippen LogP contribution in [0.15, 0.2) is 54.6 Å². The zero-order valence-corrected chi connectivity index (χ0v) is 11.8. The number of hydrogen-bond donors (Lipinski definition) is 0. The monoisotopic (exact) mass is 286 g/mol. The standard InChI is InChI=1S/C17H15ClO2/c18-12-4-5-13-8-10-15(11-9-13)17(20)16(19)14-6-2-1-3-7-14/h1-3,6-11H,4-5,12H2. The normalized spacial score (nSPS) is 10.2. The minimum atomic E-state index is -0.473.